The maximum Gasteiger partial charge on any atom is 0.303 e. The highest BCUT2D eigenvalue weighted by Crippen LogP contribution is 2.32. The van der Waals surface area contributed by atoms with Crippen LogP contribution in [0.25, 0.3) is 0 Å². The van der Waals surface area contributed by atoms with E-state index in [-0.39, 0.29) is 24.0 Å². The monoisotopic (exact) mass is 280 g/mol. The molecule has 0 amide bonds. The molecule has 0 spiro atoms. The third-order valence-corrected chi connectivity index (χ3v) is 3.73. The van der Waals surface area contributed by atoms with Crippen LogP contribution in [0.3, 0.4) is 0 Å². The summed E-state index contributed by atoms with van der Waals surface area (Å²) in [6, 6.07) is 0. The molecule has 20 heavy (non-hydrogen) atoms. The van der Waals surface area contributed by atoms with E-state index in [1.54, 1.807) is 6.08 Å². The van der Waals surface area contributed by atoms with Crippen molar-refractivity contribution in [3.8, 4) is 0 Å². The Morgan fingerprint density at radius 1 is 1.45 bits per heavy atom. The topological polar surface area (TPSA) is 74.6 Å². The van der Waals surface area contributed by atoms with Gasteiger partial charge in [-0.25, -0.2) is 0 Å². The van der Waals surface area contributed by atoms with Crippen molar-refractivity contribution < 1.29 is 19.8 Å². The lowest BCUT2D eigenvalue weighted by Gasteiger charge is -2.13. The van der Waals surface area contributed by atoms with Gasteiger partial charge in [0.2, 0.25) is 0 Å². The van der Waals surface area contributed by atoms with Crippen molar-refractivity contribution in [3.05, 3.63) is 24.3 Å². The SMILES string of the molecule is CCC(O)C=CC1CCC(=O)C1CC=CCCC(=O)O. The molecule has 1 saturated carbocycles. The third kappa shape index (κ3) is 5.70. The molecule has 3 unspecified atom stereocenters. The van der Waals surface area contributed by atoms with E-state index in [1.807, 2.05) is 25.2 Å². The largest absolute Gasteiger partial charge is 0.481 e. The van der Waals surface area contributed by atoms with Gasteiger partial charge in [-0.2, -0.15) is 0 Å². The van der Waals surface area contributed by atoms with Crippen LogP contribution in [0.4, 0.5) is 0 Å². The van der Waals surface area contributed by atoms with Crippen LogP contribution in [-0.4, -0.2) is 28.1 Å². The van der Waals surface area contributed by atoms with Crippen LogP contribution >= 0.6 is 0 Å². The first-order valence-corrected chi connectivity index (χ1v) is 7.30. The molecule has 0 heterocycles. The second kappa shape index (κ2) is 8.69. The Labute approximate surface area is 120 Å². The molecule has 1 fully saturated rings. The first-order valence-electron chi connectivity index (χ1n) is 7.30. The lowest BCUT2D eigenvalue weighted by atomic mass is 9.91. The number of ketones is 1. The minimum absolute atomic E-state index is 0.0172. The number of hydrogen-bond donors (Lipinski definition) is 2. The Bertz CT molecular complexity index is 384. The molecule has 4 heteroatoms. The summed E-state index contributed by atoms with van der Waals surface area (Å²) < 4.78 is 0. The second-order valence-corrected chi connectivity index (χ2v) is 5.28. The van der Waals surface area contributed by atoms with Crippen molar-refractivity contribution in [1.29, 1.82) is 0 Å². The standard InChI is InChI=1S/C16H24O4/c1-2-13(17)10-8-12-9-11-15(18)14(12)6-4-3-5-7-16(19)20/h3-4,8,10,12-14,17H,2,5-7,9,11H2,1H3,(H,19,20). The van der Waals surface area contributed by atoms with Gasteiger partial charge in [0.1, 0.15) is 5.78 Å². The first-order chi connectivity index (χ1) is 9.54. The Morgan fingerprint density at radius 3 is 2.85 bits per heavy atom. The molecule has 1 aliphatic rings. The normalized spacial score (nSPS) is 24.8. The predicted octanol–water partition coefficient (Wildman–Crippen LogP) is 2.72. The summed E-state index contributed by atoms with van der Waals surface area (Å²) in [6.07, 6.45) is 10.5. The van der Waals surface area contributed by atoms with Gasteiger partial charge in [0.05, 0.1) is 6.10 Å². The molecule has 3 atom stereocenters. The summed E-state index contributed by atoms with van der Waals surface area (Å²) in [5.74, 6) is -0.348. The average Bonchev–Trinajstić information content (AvgIpc) is 2.76. The second-order valence-electron chi connectivity index (χ2n) is 5.28. The van der Waals surface area contributed by atoms with Crippen LogP contribution in [0.2, 0.25) is 0 Å². The number of rotatable bonds is 8. The van der Waals surface area contributed by atoms with E-state index in [2.05, 4.69) is 0 Å². The summed E-state index contributed by atoms with van der Waals surface area (Å²) in [5.41, 5.74) is 0. The molecule has 0 aromatic rings. The fourth-order valence-electron chi connectivity index (χ4n) is 2.45. The molecule has 0 bridgehead atoms. The van der Waals surface area contributed by atoms with Crippen LogP contribution in [0.15, 0.2) is 24.3 Å². The number of carbonyl (C=O) groups excluding carboxylic acids is 1. The van der Waals surface area contributed by atoms with Gasteiger partial charge in [0.25, 0.3) is 0 Å². The van der Waals surface area contributed by atoms with E-state index in [0.29, 0.717) is 25.7 Å². The summed E-state index contributed by atoms with van der Waals surface area (Å²) in [6.45, 7) is 1.91. The number of aliphatic carboxylic acids is 1. The maximum atomic E-state index is 11.8. The van der Waals surface area contributed by atoms with E-state index < -0.39 is 12.1 Å². The fourth-order valence-corrected chi connectivity index (χ4v) is 2.45. The predicted molar refractivity (Wildman–Crippen MR) is 77.3 cm³/mol. The van der Waals surface area contributed by atoms with Gasteiger partial charge in [0.15, 0.2) is 0 Å². The van der Waals surface area contributed by atoms with Crippen molar-refractivity contribution in [2.45, 2.75) is 51.6 Å². The molecular weight excluding hydrogens is 256 g/mol. The highest BCUT2D eigenvalue weighted by Gasteiger charge is 2.31. The lowest BCUT2D eigenvalue weighted by Crippen LogP contribution is -2.13. The summed E-state index contributed by atoms with van der Waals surface area (Å²) in [7, 11) is 0. The van der Waals surface area contributed by atoms with E-state index in [1.165, 1.54) is 0 Å². The number of carbonyl (C=O) groups is 2. The molecule has 0 aliphatic heterocycles. The van der Waals surface area contributed by atoms with Gasteiger partial charge in [-0.3, -0.25) is 9.59 Å². The van der Waals surface area contributed by atoms with Crippen LogP contribution < -0.4 is 0 Å². The highest BCUT2D eigenvalue weighted by atomic mass is 16.4. The van der Waals surface area contributed by atoms with Crippen LogP contribution in [0, 0.1) is 11.8 Å². The van der Waals surface area contributed by atoms with Gasteiger partial charge >= 0.3 is 5.97 Å². The molecule has 4 nitrogen and oxygen atoms in total. The van der Waals surface area contributed by atoms with E-state index in [0.717, 1.165) is 6.42 Å². The lowest BCUT2D eigenvalue weighted by molar-refractivity contribution is -0.136. The summed E-state index contributed by atoms with van der Waals surface area (Å²) in [4.78, 5) is 22.2. The van der Waals surface area contributed by atoms with Crippen molar-refractivity contribution in [2.24, 2.45) is 11.8 Å². The van der Waals surface area contributed by atoms with Gasteiger partial charge in [-0.05, 0) is 31.6 Å². The Kier molecular flexibility index (Phi) is 7.23. The quantitative estimate of drug-likeness (QED) is 0.670. The Morgan fingerprint density at radius 2 is 2.20 bits per heavy atom. The van der Waals surface area contributed by atoms with Gasteiger partial charge in [0, 0.05) is 18.8 Å². The summed E-state index contributed by atoms with van der Waals surface area (Å²) in [5, 5.41) is 18.1. The molecule has 0 saturated heterocycles. The maximum absolute atomic E-state index is 11.8. The Hall–Kier alpha value is -1.42. The third-order valence-electron chi connectivity index (χ3n) is 3.73. The highest BCUT2D eigenvalue weighted by molar-refractivity contribution is 5.83. The summed E-state index contributed by atoms with van der Waals surface area (Å²) >= 11 is 0. The van der Waals surface area contributed by atoms with Gasteiger partial charge in [-0.1, -0.05) is 31.2 Å². The number of Topliss-reactive ketones (excluding diaryl/α,β-unsaturated/α-hetero) is 1. The molecule has 1 rings (SSSR count). The number of hydrogen-bond acceptors (Lipinski definition) is 3. The van der Waals surface area contributed by atoms with E-state index >= 15 is 0 Å². The fraction of sp³-hybridized carbons (Fsp3) is 0.625. The van der Waals surface area contributed by atoms with Crippen molar-refractivity contribution in [1.82, 2.24) is 0 Å². The van der Waals surface area contributed by atoms with E-state index in [9.17, 15) is 14.7 Å². The molecule has 1 aliphatic carbocycles. The minimum Gasteiger partial charge on any atom is -0.481 e. The Balaban J connectivity index is 2.46. The van der Waals surface area contributed by atoms with Crippen molar-refractivity contribution in [2.75, 3.05) is 0 Å². The number of allylic oxidation sites excluding steroid dienone is 3. The van der Waals surface area contributed by atoms with Crippen LogP contribution in [0.5, 0.6) is 0 Å². The molecule has 0 radical (unpaired) electrons. The molecular formula is C16H24O4. The van der Waals surface area contributed by atoms with Crippen molar-refractivity contribution >= 4 is 11.8 Å². The van der Waals surface area contributed by atoms with Gasteiger partial charge < -0.3 is 10.2 Å². The zero-order valence-electron chi connectivity index (χ0n) is 12.0. The zero-order valence-corrected chi connectivity index (χ0v) is 12.0. The molecule has 112 valence electrons. The molecule has 0 aromatic carbocycles. The van der Waals surface area contributed by atoms with Gasteiger partial charge in [-0.15, -0.1) is 0 Å². The van der Waals surface area contributed by atoms with Crippen LogP contribution in [-0.2, 0) is 9.59 Å². The zero-order chi connectivity index (χ0) is 15.0. The molecule has 2 N–H and O–H groups in total. The van der Waals surface area contributed by atoms with Crippen molar-refractivity contribution in [3.63, 3.8) is 0 Å². The smallest absolute Gasteiger partial charge is 0.303 e. The number of aliphatic hydroxyl groups is 1. The number of carboxylic acids is 1. The first kappa shape index (κ1) is 16.6. The number of aliphatic hydroxyl groups excluding tert-OH is 1. The van der Waals surface area contributed by atoms with Crippen LogP contribution in [0.1, 0.15) is 45.4 Å². The number of carboxylic acid groups (broad SMARTS) is 1. The average molecular weight is 280 g/mol. The van der Waals surface area contributed by atoms with E-state index in [4.69, 9.17) is 5.11 Å². The minimum atomic E-state index is -0.805. The molecule has 0 aromatic heterocycles.